The number of nitrogens with one attached hydrogen (secondary N) is 1. The van der Waals surface area contributed by atoms with E-state index in [2.05, 4.69) is 5.32 Å². The molecule has 38 heavy (non-hydrogen) atoms. The summed E-state index contributed by atoms with van der Waals surface area (Å²) in [5.41, 5.74) is 1.02. The first-order chi connectivity index (χ1) is 18.3. The summed E-state index contributed by atoms with van der Waals surface area (Å²) in [5.74, 6) is -0.765. The summed E-state index contributed by atoms with van der Waals surface area (Å²) in [7, 11) is -4.14. The number of nitrogens with zero attached hydrogens (tertiary/aromatic N) is 2. The highest BCUT2D eigenvalue weighted by molar-refractivity contribution is 7.92. The molecule has 3 aromatic rings. The Kier molecular flexibility index (Phi) is 9.07. The molecule has 1 aliphatic carbocycles. The first-order valence-electron chi connectivity index (χ1n) is 12.7. The SMILES string of the molecule is CC(C(=O)NC1CCCC1)N(Cc1ccccc1)C(=O)CN(c1ccccc1Cl)S(=O)(=O)c1ccccc1. The molecule has 0 heterocycles. The van der Waals surface area contributed by atoms with E-state index >= 15 is 0 Å². The fraction of sp³-hybridized carbons (Fsp3) is 0.310. The van der Waals surface area contributed by atoms with E-state index in [1.54, 1.807) is 49.4 Å². The Hall–Kier alpha value is -3.36. The van der Waals surface area contributed by atoms with Crippen LogP contribution >= 0.6 is 11.6 Å². The maximum absolute atomic E-state index is 13.9. The van der Waals surface area contributed by atoms with E-state index in [-0.39, 0.29) is 34.1 Å². The molecule has 200 valence electrons. The second-order valence-corrected chi connectivity index (χ2v) is 11.7. The summed E-state index contributed by atoms with van der Waals surface area (Å²) in [4.78, 5) is 28.6. The lowest BCUT2D eigenvalue weighted by molar-refractivity contribution is -0.139. The van der Waals surface area contributed by atoms with Gasteiger partial charge in [0.25, 0.3) is 10.0 Å². The second kappa shape index (κ2) is 12.5. The van der Waals surface area contributed by atoms with Gasteiger partial charge in [0.2, 0.25) is 11.8 Å². The fourth-order valence-corrected chi connectivity index (χ4v) is 6.38. The topological polar surface area (TPSA) is 86.8 Å². The summed E-state index contributed by atoms with van der Waals surface area (Å²) in [6.07, 6.45) is 3.97. The predicted octanol–water partition coefficient (Wildman–Crippen LogP) is 5.01. The number of anilines is 1. The largest absolute Gasteiger partial charge is 0.352 e. The maximum atomic E-state index is 13.9. The van der Waals surface area contributed by atoms with Crippen molar-refractivity contribution in [3.63, 3.8) is 0 Å². The minimum absolute atomic E-state index is 0.0364. The van der Waals surface area contributed by atoms with Gasteiger partial charge in [0, 0.05) is 12.6 Å². The third-order valence-corrected chi connectivity index (χ3v) is 8.89. The maximum Gasteiger partial charge on any atom is 0.264 e. The third kappa shape index (κ3) is 6.55. The first-order valence-corrected chi connectivity index (χ1v) is 14.6. The molecule has 1 saturated carbocycles. The monoisotopic (exact) mass is 553 g/mol. The van der Waals surface area contributed by atoms with Gasteiger partial charge in [0.15, 0.2) is 0 Å². The Balaban J connectivity index is 1.67. The number of benzene rings is 3. The quantitative estimate of drug-likeness (QED) is 0.382. The van der Waals surface area contributed by atoms with Crippen molar-refractivity contribution in [1.29, 1.82) is 0 Å². The first kappa shape index (κ1) is 27.7. The molecule has 1 N–H and O–H groups in total. The molecule has 1 aliphatic rings. The van der Waals surface area contributed by atoms with Gasteiger partial charge in [-0.3, -0.25) is 13.9 Å². The van der Waals surface area contributed by atoms with Crippen LogP contribution in [0.2, 0.25) is 5.02 Å². The number of halogens is 1. The van der Waals surface area contributed by atoms with E-state index < -0.39 is 28.5 Å². The molecule has 0 aromatic heterocycles. The molecule has 1 unspecified atom stereocenters. The molecule has 7 nitrogen and oxygen atoms in total. The lowest BCUT2D eigenvalue weighted by Gasteiger charge is -2.32. The van der Waals surface area contributed by atoms with E-state index in [1.165, 1.54) is 17.0 Å². The number of para-hydroxylation sites is 1. The van der Waals surface area contributed by atoms with Crippen LogP contribution in [0.5, 0.6) is 0 Å². The van der Waals surface area contributed by atoms with Crippen LogP contribution in [-0.2, 0) is 26.2 Å². The van der Waals surface area contributed by atoms with Crippen LogP contribution in [-0.4, -0.2) is 43.8 Å². The zero-order valence-corrected chi connectivity index (χ0v) is 22.9. The van der Waals surface area contributed by atoms with E-state index in [0.29, 0.717) is 0 Å². The van der Waals surface area contributed by atoms with Crippen molar-refractivity contribution in [2.75, 3.05) is 10.8 Å². The van der Waals surface area contributed by atoms with Crippen molar-refractivity contribution in [3.8, 4) is 0 Å². The van der Waals surface area contributed by atoms with Gasteiger partial charge in [0.1, 0.15) is 12.6 Å². The average Bonchev–Trinajstić information content (AvgIpc) is 3.44. The van der Waals surface area contributed by atoms with E-state index in [4.69, 9.17) is 11.6 Å². The van der Waals surface area contributed by atoms with Crippen molar-refractivity contribution in [2.24, 2.45) is 0 Å². The summed E-state index contributed by atoms with van der Waals surface area (Å²) in [5, 5.41) is 3.26. The number of amides is 2. The molecule has 2 amide bonds. The highest BCUT2D eigenvalue weighted by Crippen LogP contribution is 2.30. The van der Waals surface area contributed by atoms with Crippen LogP contribution in [0.15, 0.2) is 89.8 Å². The predicted molar refractivity (Wildman–Crippen MR) is 149 cm³/mol. The average molecular weight is 554 g/mol. The molecule has 0 bridgehead atoms. The van der Waals surface area contributed by atoms with Crippen molar-refractivity contribution in [1.82, 2.24) is 10.2 Å². The summed E-state index contributed by atoms with van der Waals surface area (Å²) < 4.78 is 28.5. The number of hydrogen-bond acceptors (Lipinski definition) is 4. The minimum atomic E-state index is -4.14. The standard InChI is InChI=1S/C29H32ClN3O4S/c1-22(29(35)31-24-14-8-9-15-24)32(20-23-12-4-2-5-13-23)28(34)21-33(27-19-11-10-18-26(27)30)38(36,37)25-16-6-3-7-17-25/h2-7,10-13,16-19,22,24H,8-9,14-15,20-21H2,1H3,(H,31,35). The highest BCUT2D eigenvalue weighted by Gasteiger charge is 2.34. The number of hydrogen-bond donors (Lipinski definition) is 1. The zero-order valence-electron chi connectivity index (χ0n) is 21.3. The molecule has 9 heteroatoms. The molecule has 4 rings (SSSR count). The van der Waals surface area contributed by atoms with Crippen molar-refractivity contribution in [3.05, 3.63) is 95.5 Å². The molecule has 0 spiro atoms. The van der Waals surface area contributed by atoms with E-state index in [9.17, 15) is 18.0 Å². The second-order valence-electron chi connectivity index (χ2n) is 9.45. The minimum Gasteiger partial charge on any atom is -0.352 e. The summed E-state index contributed by atoms with van der Waals surface area (Å²) in [6.45, 7) is 1.31. The Bertz CT molecular complexity index is 1350. The normalized spacial score (nSPS) is 14.6. The van der Waals surface area contributed by atoms with Gasteiger partial charge in [0.05, 0.1) is 15.6 Å². The highest BCUT2D eigenvalue weighted by atomic mass is 35.5. The van der Waals surface area contributed by atoms with Crippen molar-refractivity contribution >= 4 is 39.1 Å². The lowest BCUT2D eigenvalue weighted by Crippen LogP contribution is -2.52. The molecule has 1 fully saturated rings. The van der Waals surface area contributed by atoms with Gasteiger partial charge in [-0.05, 0) is 49.6 Å². The van der Waals surface area contributed by atoms with Crippen LogP contribution in [0.4, 0.5) is 5.69 Å². The summed E-state index contributed by atoms with van der Waals surface area (Å²) >= 11 is 6.42. The van der Waals surface area contributed by atoms with Crippen LogP contribution in [0, 0.1) is 0 Å². The molecule has 3 aromatic carbocycles. The van der Waals surface area contributed by atoms with Crippen LogP contribution in [0.3, 0.4) is 0 Å². The van der Waals surface area contributed by atoms with Gasteiger partial charge in [-0.15, -0.1) is 0 Å². The molecule has 0 radical (unpaired) electrons. The van der Waals surface area contributed by atoms with Crippen molar-refractivity contribution in [2.45, 2.75) is 56.1 Å². The molecule has 1 atom stereocenters. The van der Waals surface area contributed by atoms with Crippen LogP contribution in [0.25, 0.3) is 0 Å². The van der Waals surface area contributed by atoms with E-state index in [0.717, 1.165) is 35.6 Å². The molecular weight excluding hydrogens is 522 g/mol. The Morgan fingerprint density at radius 1 is 0.921 bits per heavy atom. The number of rotatable bonds is 10. The summed E-state index contributed by atoms with van der Waals surface area (Å²) in [6, 6.07) is 23.0. The lowest BCUT2D eigenvalue weighted by atomic mass is 10.1. The smallest absolute Gasteiger partial charge is 0.264 e. The van der Waals surface area contributed by atoms with Gasteiger partial charge in [-0.25, -0.2) is 8.42 Å². The van der Waals surface area contributed by atoms with Gasteiger partial charge in [-0.2, -0.15) is 0 Å². The molecule has 0 saturated heterocycles. The third-order valence-electron chi connectivity index (χ3n) is 6.80. The molecular formula is C29H32ClN3O4S. The number of carbonyl (C=O) groups is 2. The fourth-order valence-electron chi connectivity index (χ4n) is 4.64. The number of carbonyl (C=O) groups excluding carboxylic acids is 2. The van der Waals surface area contributed by atoms with Crippen LogP contribution < -0.4 is 9.62 Å². The van der Waals surface area contributed by atoms with Crippen LogP contribution in [0.1, 0.15) is 38.2 Å². The van der Waals surface area contributed by atoms with Crippen molar-refractivity contribution < 1.29 is 18.0 Å². The molecule has 0 aliphatic heterocycles. The van der Waals surface area contributed by atoms with Gasteiger partial charge < -0.3 is 10.2 Å². The van der Waals surface area contributed by atoms with Gasteiger partial charge in [-0.1, -0.05) is 85.1 Å². The Morgan fingerprint density at radius 3 is 2.13 bits per heavy atom. The Labute approximate surface area is 229 Å². The Morgan fingerprint density at radius 2 is 1.50 bits per heavy atom. The van der Waals surface area contributed by atoms with E-state index in [1.807, 2.05) is 30.3 Å². The number of sulfonamides is 1. The van der Waals surface area contributed by atoms with Gasteiger partial charge >= 0.3 is 0 Å². The zero-order chi connectivity index (χ0) is 27.1.